The average Bonchev–Trinajstić information content (AvgIpc) is 2.01. The molecular weight excluding hydrogens is 134 g/mol. The molecule has 0 N–H and O–H groups in total. The third kappa shape index (κ3) is 7.04. The van der Waals surface area contributed by atoms with Crippen LogP contribution in [0, 0.1) is 0 Å². The predicted octanol–water partition coefficient (Wildman–Crippen LogP) is 3.34. The van der Waals surface area contributed by atoms with Crippen molar-refractivity contribution in [3.63, 3.8) is 0 Å². The molecule has 0 rings (SSSR count). The summed E-state index contributed by atoms with van der Waals surface area (Å²) in [6.45, 7) is 6.07. The molecule has 0 atom stereocenters. The summed E-state index contributed by atoms with van der Waals surface area (Å²) in [5, 5.41) is 0. The fourth-order valence-electron chi connectivity index (χ4n) is 0.725. The van der Waals surface area contributed by atoms with Gasteiger partial charge in [0, 0.05) is 11.9 Å². The van der Waals surface area contributed by atoms with Gasteiger partial charge in [0.2, 0.25) is 0 Å². The summed E-state index contributed by atoms with van der Waals surface area (Å²) in [5.41, 5.74) is 1.20. The normalized spacial score (nSPS) is 13.5. The van der Waals surface area contributed by atoms with E-state index in [-0.39, 0.29) is 0 Å². The minimum absolute atomic E-state index is 1.06. The van der Waals surface area contributed by atoms with Crippen LogP contribution in [0.25, 0.3) is 0 Å². The molecule has 0 heterocycles. The standard InChI is InChI=1S/C10H17N/c1-4-6-7-8-10(3)11-9-5-2/h4-6,9H,7-8H2,1-3H3/b6-4-,9-5-,11-10?. The van der Waals surface area contributed by atoms with Crippen molar-refractivity contribution in [1.29, 1.82) is 0 Å². The van der Waals surface area contributed by atoms with Crippen molar-refractivity contribution in [3.05, 3.63) is 24.4 Å². The van der Waals surface area contributed by atoms with E-state index in [1.807, 2.05) is 26.1 Å². The van der Waals surface area contributed by atoms with Crippen LogP contribution in [-0.2, 0) is 0 Å². The van der Waals surface area contributed by atoms with Crippen LogP contribution in [0.2, 0.25) is 0 Å². The lowest BCUT2D eigenvalue weighted by molar-refractivity contribution is 1.08. The number of hydrogen-bond acceptors (Lipinski definition) is 1. The quantitative estimate of drug-likeness (QED) is 0.431. The smallest absolute Gasteiger partial charge is 0.0224 e. The third-order valence-corrected chi connectivity index (χ3v) is 1.35. The Morgan fingerprint density at radius 2 is 2.00 bits per heavy atom. The maximum absolute atomic E-state index is 4.22. The van der Waals surface area contributed by atoms with Gasteiger partial charge in [0.1, 0.15) is 0 Å². The van der Waals surface area contributed by atoms with Crippen LogP contribution >= 0.6 is 0 Å². The Bertz CT molecular complexity index is 164. The molecule has 0 saturated carbocycles. The Kier molecular flexibility index (Phi) is 6.70. The maximum Gasteiger partial charge on any atom is 0.0224 e. The first-order chi connectivity index (χ1) is 5.31. The van der Waals surface area contributed by atoms with Crippen LogP contribution in [-0.4, -0.2) is 5.71 Å². The van der Waals surface area contributed by atoms with Crippen molar-refractivity contribution in [3.8, 4) is 0 Å². The summed E-state index contributed by atoms with van der Waals surface area (Å²) in [6.07, 6.45) is 10.2. The Hall–Kier alpha value is -0.850. The van der Waals surface area contributed by atoms with Crippen LogP contribution in [0.1, 0.15) is 33.6 Å². The maximum atomic E-state index is 4.22. The van der Waals surface area contributed by atoms with Crippen LogP contribution in [0.5, 0.6) is 0 Å². The van der Waals surface area contributed by atoms with Crippen molar-refractivity contribution in [2.24, 2.45) is 4.99 Å². The summed E-state index contributed by atoms with van der Waals surface area (Å²) in [4.78, 5) is 4.22. The minimum Gasteiger partial charge on any atom is -0.266 e. The van der Waals surface area contributed by atoms with E-state index in [9.17, 15) is 0 Å². The second-order valence-corrected chi connectivity index (χ2v) is 2.45. The molecule has 0 saturated heterocycles. The molecule has 0 unspecified atom stereocenters. The van der Waals surface area contributed by atoms with E-state index in [1.54, 1.807) is 0 Å². The number of hydrogen-bond donors (Lipinski definition) is 0. The molecule has 0 amide bonds. The van der Waals surface area contributed by atoms with Crippen molar-refractivity contribution >= 4 is 5.71 Å². The molecule has 0 aliphatic rings. The fraction of sp³-hybridized carbons (Fsp3) is 0.500. The molecule has 0 aromatic heterocycles. The first-order valence-corrected chi connectivity index (χ1v) is 4.06. The summed E-state index contributed by atoms with van der Waals surface area (Å²) < 4.78 is 0. The Morgan fingerprint density at radius 3 is 2.55 bits per heavy atom. The molecule has 0 aromatic carbocycles. The van der Waals surface area contributed by atoms with Crippen LogP contribution in [0.15, 0.2) is 29.4 Å². The highest BCUT2D eigenvalue weighted by molar-refractivity contribution is 5.82. The summed E-state index contributed by atoms with van der Waals surface area (Å²) in [7, 11) is 0. The van der Waals surface area contributed by atoms with E-state index in [4.69, 9.17) is 0 Å². The minimum atomic E-state index is 1.06. The topological polar surface area (TPSA) is 12.4 Å². The van der Waals surface area contributed by atoms with Gasteiger partial charge < -0.3 is 0 Å². The second-order valence-electron chi connectivity index (χ2n) is 2.45. The lowest BCUT2D eigenvalue weighted by atomic mass is 10.2. The Labute approximate surface area is 69.5 Å². The van der Waals surface area contributed by atoms with Crippen LogP contribution in [0.3, 0.4) is 0 Å². The van der Waals surface area contributed by atoms with Gasteiger partial charge in [0.25, 0.3) is 0 Å². The summed E-state index contributed by atoms with van der Waals surface area (Å²) in [5.74, 6) is 0. The molecule has 0 spiro atoms. The van der Waals surface area contributed by atoms with Gasteiger partial charge in [-0.1, -0.05) is 18.2 Å². The third-order valence-electron chi connectivity index (χ3n) is 1.35. The van der Waals surface area contributed by atoms with E-state index in [0.29, 0.717) is 0 Å². The predicted molar refractivity (Wildman–Crippen MR) is 52.0 cm³/mol. The zero-order valence-electron chi connectivity index (χ0n) is 7.67. The molecule has 0 aliphatic carbocycles. The zero-order chi connectivity index (χ0) is 8.53. The largest absolute Gasteiger partial charge is 0.266 e. The van der Waals surface area contributed by atoms with Crippen molar-refractivity contribution in [2.75, 3.05) is 0 Å². The first-order valence-electron chi connectivity index (χ1n) is 4.06. The van der Waals surface area contributed by atoms with E-state index >= 15 is 0 Å². The molecule has 0 radical (unpaired) electrons. The first kappa shape index (κ1) is 10.2. The fourth-order valence-corrected chi connectivity index (χ4v) is 0.725. The van der Waals surface area contributed by atoms with Crippen molar-refractivity contribution in [1.82, 2.24) is 0 Å². The Balaban J connectivity index is 3.59. The number of aliphatic imine (C=N–C) groups is 1. The van der Waals surface area contributed by atoms with Gasteiger partial charge in [-0.2, -0.15) is 0 Å². The Morgan fingerprint density at radius 1 is 1.27 bits per heavy atom. The highest BCUT2D eigenvalue weighted by Crippen LogP contribution is 1.94. The van der Waals surface area contributed by atoms with Crippen molar-refractivity contribution in [2.45, 2.75) is 33.6 Å². The average molecular weight is 151 g/mol. The van der Waals surface area contributed by atoms with Gasteiger partial charge in [0.15, 0.2) is 0 Å². The van der Waals surface area contributed by atoms with Crippen molar-refractivity contribution < 1.29 is 0 Å². The molecule has 0 aliphatic heterocycles. The second kappa shape index (κ2) is 7.26. The SMILES string of the molecule is C/C=C\CCC(C)=N/C=C\C. The van der Waals surface area contributed by atoms with Gasteiger partial charge in [0.05, 0.1) is 0 Å². The molecule has 0 aromatic rings. The van der Waals surface area contributed by atoms with E-state index in [0.717, 1.165) is 12.8 Å². The van der Waals surface area contributed by atoms with Crippen LogP contribution in [0.4, 0.5) is 0 Å². The number of rotatable bonds is 4. The zero-order valence-corrected chi connectivity index (χ0v) is 7.67. The van der Waals surface area contributed by atoms with Gasteiger partial charge in [-0.15, -0.1) is 0 Å². The highest BCUT2D eigenvalue weighted by Gasteiger charge is 1.85. The molecule has 1 heteroatoms. The highest BCUT2D eigenvalue weighted by atomic mass is 14.7. The monoisotopic (exact) mass is 151 g/mol. The molecule has 0 bridgehead atoms. The lowest BCUT2D eigenvalue weighted by Crippen LogP contribution is -1.87. The van der Waals surface area contributed by atoms with Gasteiger partial charge in [-0.05, 0) is 33.6 Å². The van der Waals surface area contributed by atoms with Gasteiger partial charge in [-0.25, -0.2) is 0 Å². The molecule has 62 valence electrons. The lowest BCUT2D eigenvalue weighted by Gasteiger charge is -1.92. The summed E-state index contributed by atoms with van der Waals surface area (Å²) in [6, 6.07) is 0. The number of allylic oxidation sites excluding steroid dienone is 3. The van der Waals surface area contributed by atoms with E-state index in [2.05, 4.69) is 24.1 Å². The van der Waals surface area contributed by atoms with Gasteiger partial charge in [-0.3, -0.25) is 4.99 Å². The van der Waals surface area contributed by atoms with Crippen LogP contribution < -0.4 is 0 Å². The van der Waals surface area contributed by atoms with E-state index in [1.165, 1.54) is 5.71 Å². The molecular formula is C10H17N. The summed E-state index contributed by atoms with van der Waals surface area (Å²) >= 11 is 0. The van der Waals surface area contributed by atoms with E-state index < -0.39 is 0 Å². The number of nitrogens with zero attached hydrogens (tertiary/aromatic N) is 1. The van der Waals surface area contributed by atoms with Gasteiger partial charge >= 0.3 is 0 Å². The molecule has 11 heavy (non-hydrogen) atoms. The molecule has 1 nitrogen and oxygen atoms in total. The molecule has 0 fully saturated rings.